The normalized spacial score (nSPS) is 12.2. The zero-order chi connectivity index (χ0) is 14.8. The molecule has 1 atom stereocenters. The minimum Gasteiger partial charge on any atom is -0.605 e. The number of nitro benzene ring substituents is 1. The van der Waals surface area contributed by atoms with Gasteiger partial charge in [0, 0.05) is 46.9 Å². The van der Waals surface area contributed by atoms with Crippen LogP contribution in [0.5, 0.6) is 0 Å². The van der Waals surface area contributed by atoms with Crippen molar-refractivity contribution in [2.75, 3.05) is 0 Å². The van der Waals surface area contributed by atoms with Crippen molar-refractivity contribution >= 4 is 27.8 Å². The molecule has 21 heavy (non-hydrogen) atoms. The lowest BCUT2D eigenvalue weighted by Gasteiger charge is -2.09. The van der Waals surface area contributed by atoms with Gasteiger partial charge in [-0.25, -0.2) is 4.98 Å². The summed E-state index contributed by atoms with van der Waals surface area (Å²) in [5.41, 5.74) is 0.743. The average Bonchev–Trinajstić information content (AvgIpc) is 2.54. The van der Waals surface area contributed by atoms with E-state index in [4.69, 9.17) is 0 Å². The fraction of sp³-hybridized carbons (Fsp3) is 0. The number of benzene rings is 2. The van der Waals surface area contributed by atoms with Gasteiger partial charge in [0.05, 0.1) is 10.4 Å². The molecule has 0 radical (unpaired) electrons. The summed E-state index contributed by atoms with van der Waals surface area (Å²) < 4.78 is 12.4. The summed E-state index contributed by atoms with van der Waals surface area (Å²) in [6.07, 6.45) is 0. The van der Waals surface area contributed by atoms with Crippen molar-refractivity contribution in [1.82, 2.24) is 4.98 Å². The van der Waals surface area contributed by atoms with Gasteiger partial charge in [-0.2, -0.15) is 0 Å². The number of nitro groups is 1. The highest BCUT2D eigenvalue weighted by atomic mass is 32.2. The highest BCUT2D eigenvalue weighted by Gasteiger charge is 2.18. The molecule has 0 aliphatic carbocycles. The van der Waals surface area contributed by atoms with E-state index in [9.17, 15) is 14.7 Å². The molecule has 6 heteroatoms. The van der Waals surface area contributed by atoms with E-state index in [1.807, 2.05) is 30.3 Å². The lowest BCUT2D eigenvalue weighted by Crippen LogP contribution is -2.04. The van der Waals surface area contributed by atoms with Gasteiger partial charge in [-0.1, -0.05) is 18.2 Å². The number of para-hydroxylation sites is 1. The summed E-state index contributed by atoms with van der Waals surface area (Å²) >= 11 is -1.46. The molecule has 3 rings (SSSR count). The Morgan fingerprint density at radius 2 is 1.67 bits per heavy atom. The van der Waals surface area contributed by atoms with Crippen LogP contribution in [0.3, 0.4) is 0 Å². The van der Waals surface area contributed by atoms with Crippen molar-refractivity contribution < 1.29 is 9.48 Å². The zero-order valence-electron chi connectivity index (χ0n) is 10.8. The first-order chi connectivity index (χ1) is 10.1. The maximum atomic E-state index is 12.4. The molecular weight excluding hydrogens is 288 g/mol. The molecule has 1 unspecified atom stereocenters. The maximum Gasteiger partial charge on any atom is 0.269 e. The number of fused-ring (bicyclic) bond motifs is 1. The summed E-state index contributed by atoms with van der Waals surface area (Å²) in [5, 5.41) is 12.0. The number of rotatable bonds is 3. The van der Waals surface area contributed by atoms with Crippen LogP contribution in [0.4, 0.5) is 5.69 Å². The number of hydrogen-bond acceptors (Lipinski definition) is 4. The fourth-order valence-corrected chi connectivity index (χ4v) is 2.96. The van der Waals surface area contributed by atoms with Crippen LogP contribution in [0.2, 0.25) is 0 Å². The largest absolute Gasteiger partial charge is 0.605 e. The van der Waals surface area contributed by atoms with E-state index in [1.165, 1.54) is 24.3 Å². The van der Waals surface area contributed by atoms with Crippen LogP contribution in [-0.2, 0) is 11.2 Å². The van der Waals surface area contributed by atoms with Crippen molar-refractivity contribution in [2.24, 2.45) is 0 Å². The van der Waals surface area contributed by atoms with Crippen LogP contribution < -0.4 is 0 Å². The number of hydrogen-bond donors (Lipinski definition) is 0. The second kappa shape index (κ2) is 5.51. The molecule has 0 saturated carbocycles. The van der Waals surface area contributed by atoms with Crippen molar-refractivity contribution in [2.45, 2.75) is 9.92 Å². The van der Waals surface area contributed by atoms with E-state index in [1.54, 1.807) is 6.07 Å². The summed E-state index contributed by atoms with van der Waals surface area (Å²) in [7, 11) is 0. The highest BCUT2D eigenvalue weighted by molar-refractivity contribution is 7.91. The van der Waals surface area contributed by atoms with E-state index < -0.39 is 16.1 Å². The minimum absolute atomic E-state index is 0.0257. The van der Waals surface area contributed by atoms with Gasteiger partial charge in [-0.05, 0) is 12.1 Å². The molecule has 104 valence electrons. The van der Waals surface area contributed by atoms with Crippen molar-refractivity contribution in [3.63, 3.8) is 0 Å². The van der Waals surface area contributed by atoms with Crippen LogP contribution in [0.1, 0.15) is 0 Å². The second-order valence-corrected chi connectivity index (χ2v) is 5.79. The van der Waals surface area contributed by atoms with E-state index in [0.29, 0.717) is 9.92 Å². The summed E-state index contributed by atoms with van der Waals surface area (Å²) in [6.45, 7) is 0. The lowest BCUT2D eigenvalue weighted by molar-refractivity contribution is -0.384. The molecule has 0 aliphatic heterocycles. The van der Waals surface area contributed by atoms with Crippen LogP contribution in [-0.4, -0.2) is 14.5 Å². The summed E-state index contributed by atoms with van der Waals surface area (Å²) in [4.78, 5) is 15.0. The minimum atomic E-state index is -1.46. The Labute approximate surface area is 123 Å². The van der Waals surface area contributed by atoms with Gasteiger partial charge in [0.1, 0.15) is 0 Å². The fourth-order valence-electron chi connectivity index (χ4n) is 1.96. The first-order valence-corrected chi connectivity index (χ1v) is 7.32. The third kappa shape index (κ3) is 2.72. The SMILES string of the molecule is O=[N+]([O-])c1ccc([S+]([O-])c2ccc3ccccc3n2)cc1. The molecule has 1 aromatic heterocycles. The summed E-state index contributed by atoms with van der Waals surface area (Å²) in [5.74, 6) is 0. The predicted molar refractivity (Wildman–Crippen MR) is 79.5 cm³/mol. The standard InChI is InChI=1S/C15H10N2O3S/c18-17(19)12-6-8-13(9-7-12)21(20)15-10-5-11-3-1-2-4-14(11)16-15/h1-10H. The number of nitrogens with zero attached hydrogens (tertiary/aromatic N) is 2. The second-order valence-electron chi connectivity index (χ2n) is 4.36. The highest BCUT2D eigenvalue weighted by Crippen LogP contribution is 2.23. The zero-order valence-corrected chi connectivity index (χ0v) is 11.6. The van der Waals surface area contributed by atoms with Gasteiger partial charge in [-0.15, -0.1) is 0 Å². The molecule has 0 aliphatic rings. The third-order valence-electron chi connectivity index (χ3n) is 3.02. The quantitative estimate of drug-likeness (QED) is 0.422. The van der Waals surface area contributed by atoms with Crippen molar-refractivity contribution in [3.05, 3.63) is 70.8 Å². The van der Waals surface area contributed by atoms with Crippen LogP contribution in [0.15, 0.2) is 70.6 Å². The van der Waals surface area contributed by atoms with E-state index >= 15 is 0 Å². The molecule has 0 fully saturated rings. The Morgan fingerprint density at radius 1 is 0.952 bits per heavy atom. The predicted octanol–water partition coefficient (Wildman–Crippen LogP) is 3.31. The third-order valence-corrected chi connectivity index (χ3v) is 4.33. The molecule has 3 aromatic rings. The number of aromatic nitrogens is 1. The monoisotopic (exact) mass is 298 g/mol. The number of pyridine rings is 1. The maximum absolute atomic E-state index is 12.4. The molecule has 0 spiro atoms. The van der Waals surface area contributed by atoms with E-state index in [-0.39, 0.29) is 5.69 Å². The Balaban J connectivity index is 1.95. The first-order valence-electron chi connectivity index (χ1n) is 6.17. The van der Waals surface area contributed by atoms with Crippen LogP contribution in [0.25, 0.3) is 10.9 Å². The van der Waals surface area contributed by atoms with Gasteiger partial charge in [-0.3, -0.25) is 10.1 Å². The van der Waals surface area contributed by atoms with Gasteiger partial charge in [0.2, 0.25) is 0 Å². The molecular formula is C15H10N2O3S. The van der Waals surface area contributed by atoms with E-state index in [2.05, 4.69) is 4.98 Å². The van der Waals surface area contributed by atoms with Gasteiger partial charge in [0.15, 0.2) is 4.90 Å². The lowest BCUT2D eigenvalue weighted by atomic mass is 10.2. The molecule has 0 amide bonds. The molecule has 5 nitrogen and oxygen atoms in total. The summed E-state index contributed by atoms with van der Waals surface area (Å²) in [6, 6.07) is 16.8. The molecule has 2 aromatic carbocycles. The molecule has 1 heterocycles. The molecule has 0 saturated heterocycles. The van der Waals surface area contributed by atoms with Crippen LogP contribution >= 0.6 is 0 Å². The Bertz CT molecular complexity index is 805. The van der Waals surface area contributed by atoms with Gasteiger partial charge < -0.3 is 4.55 Å². The van der Waals surface area contributed by atoms with Gasteiger partial charge in [0.25, 0.3) is 10.7 Å². The number of non-ortho nitro benzene ring substituents is 1. The topological polar surface area (TPSA) is 79.1 Å². The smallest absolute Gasteiger partial charge is 0.269 e. The van der Waals surface area contributed by atoms with E-state index in [0.717, 1.165) is 10.9 Å². The van der Waals surface area contributed by atoms with Gasteiger partial charge >= 0.3 is 0 Å². The molecule has 0 N–H and O–H groups in total. The Morgan fingerprint density at radius 3 is 2.38 bits per heavy atom. The Kier molecular flexibility index (Phi) is 3.55. The average molecular weight is 298 g/mol. The van der Waals surface area contributed by atoms with Crippen molar-refractivity contribution in [3.8, 4) is 0 Å². The van der Waals surface area contributed by atoms with Crippen LogP contribution in [0, 0.1) is 10.1 Å². The van der Waals surface area contributed by atoms with Crippen molar-refractivity contribution in [1.29, 1.82) is 0 Å². The Hall–Kier alpha value is -2.44. The molecule has 0 bridgehead atoms. The first kappa shape index (κ1) is 13.5.